The molecular weight excluding hydrogens is 780 g/mol. The van der Waals surface area contributed by atoms with Crippen molar-refractivity contribution in [1.29, 1.82) is 0 Å². The maximum atomic E-state index is 13.3. The fourth-order valence-corrected chi connectivity index (χ4v) is 5.28. The summed E-state index contributed by atoms with van der Waals surface area (Å²) >= 11 is 0. The molecule has 0 saturated heterocycles. The fourth-order valence-electron chi connectivity index (χ4n) is 5.28. The summed E-state index contributed by atoms with van der Waals surface area (Å²) in [4.78, 5) is 73.2. The van der Waals surface area contributed by atoms with Crippen LogP contribution in [0.2, 0.25) is 0 Å². The normalized spacial score (nSPS) is 10.3. The molecule has 4 rings (SSSR count). The Kier molecular flexibility index (Phi) is 16.3. The predicted octanol–water partition coefficient (Wildman–Crippen LogP) is 6.95. The van der Waals surface area contributed by atoms with Gasteiger partial charge >= 0.3 is 35.8 Å². The molecule has 0 unspecified atom stereocenters. The van der Waals surface area contributed by atoms with E-state index >= 15 is 0 Å². The summed E-state index contributed by atoms with van der Waals surface area (Å²) in [6, 6.07) is 17.1. The first-order chi connectivity index (χ1) is 28.7. The van der Waals surface area contributed by atoms with Gasteiger partial charge in [0.25, 0.3) is 0 Å². The topological polar surface area (TPSA) is 185 Å². The Balaban J connectivity index is 1.32. The van der Waals surface area contributed by atoms with E-state index in [1.807, 2.05) is 6.92 Å². The molecule has 0 aromatic heterocycles. The van der Waals surface area contributed by atoms with E-state index in [1.54, 1.807) is 51.1 Å². The van der Waals surface area contributed by atoms with Crippen LogP contribution in [0.5, 0.6) is 28.7 Å². The Hall–Kier alpha value is -7.68. The molecule has 0 atom stereocenters. The minimum atomic E-state index is -0.772. The number of benzene rings is 4. The average Bonchev–Trinajstić information content (AvgIpc) is 3.23. The quantitative estimate of drug-likeness (QED) is 0.0293. The minimum absolute atomic E-state index is 0.00828. The van der Waals surface area contributed by atoms with Crippen molar-refractivity contribution in [2.75, 3.05) is 27.0 Å². The highest BCUT2D eigenvalue weighted by Crippen LogP contribution is 2.34. The van der Waals surface area contributed by atoms with Gasteiger partial charge < -0.3 is 42.6 Å². The Morgan fingerprint density at radius 1 is 0.483 bits per heavy atom. The number of carbonyl (C=O) groups excluding carboxylic acids is 6. The summed E-state index contributed by atoms with van der Waals surface area (Å²) in [6.07, 6.45) is 3.32. The molecule has 0 aliphatic heterocycles. The van der Waals surface area contributed by atoms with Crippen LogP contribution in [0.15, 0.2) is 105 Å². The third kappa shape index (κ3) is 12.9. The first kappa shape index (κ1) is 45.0. The van der Waals surface area contributed by atoms with Crippen LogP contribution in [0.3, 0.4) is 0 Å². The zero-order valence-corrected chi connectivity index (χ0v) is 33.4. The van der Waals surface area contributed by atoms with Crippen molar-refractivity contribution in [3.63, 3.8) is 0 Å². The number of hydrogen-bond donors (Lipinski definition) is 0. The molecular formula is C45H42O15. The molecule has 4 aromatic carbocycles. The standard InChI is InChI=1S/C45H42O15/c1-8-39(46)55-24-53-36-15-12-33(19-28(36)5)44(50)59-35-14-11-31(27(4)22-35)17-18-52-43(49)32-13-16-37(29(6)20-32)60-45(51)34-21-30(7)42(58-26-57-41(48)10-3)38(23-34)54-25-56-40(47)9-2/h8-16,19-23H,1-3,17-18,24-26H2,4-7H3. The predicted molar refractivity (Wildman–Crippen MR) is 214 cm³/mol. The van der Waals surface area contributed by atoms with Gasteiger partial charge in [0.05, 0.1) is 23.3 Å². The molecule has 0 N–H and O–H groups in total. The molecule has 0 heterocycles. The molecule has 0 spiro atoms. The summed E-state index contributed by atoms with van der Waals surface area (Å²) in [5.41, 5.74) is 3.77. The highest BCUT2D eigenvalue weighted by atomic mass is 16.7. The molecule has 4 aromatic rings. The largest absolute Gasteiger partial charge is 0.462 e. The lowest BCUT2D eigenvalue weighted by Crippen LogP contribution is -2.14. The van der Waals surface area contributed by atoms with E-state index in [4.69, 9.17) is 42.6 Å². The zero-order chi connectivity index (χ0) is 43.8. The maximum absolute atomic E-state index is 13.3. The number of esters is 6. The number of hydrogen-bond acceptors (Lipinski definition) is 15. The first-order valence-electron chi connectivity index (χ1n) is 18.1. The molecule has 0 bridgehead atoms. The van der Waals surface area contributed by atoms with E-state index in [0.717, 1.165) is 29.4 Å². The van der Waals surface area contributed by atoms with Gasteiger partial charge in [-0.05, 0) is 116 Å². The van der Waals surface area contributed by atoms with Crippen LogP contribution in [-0.2, 0) is 39.8 Å². The molecule has 0 amide bonds. The fraction of sp³-hybridized carbons (Fsp3) is 0.200. The van der Waals surface area contributed by atoms with Crippen LogP contribution in [0.25, 0.3) is 0 Å². The van der Waals surface area contributed by atoms with Crippen LogP contribution in [0.4, 0.5) is 0 Å². The van der Waals surface area contributed by atoms with Gasteiger partial charge in [-0.15, -0.1) is 0 Å². The van der Waals surface area contributed by atoms with E-state index in [-0.39, 0.29) is 41.8 Å². The Morgan fingerprint density at radius 3 is 1.57 bits per heavy atom. The van der Waals surface area contributed by atoms with Crippen molar-refractivity contribution in [2.45, 2.75) is 34.1 Å². The van der Waals surface area contributed by atoms with Crippen LogP contribution >= 0.6 is 0 Å². The molecule has 0 aliphatic carbocycles. The lowest BCUT2D eigenvalue weighted by atomic mass is 10.1. The number of aryl methyl sites for hydroxylation is 4. The number of ether oxygens (including phenoxy) is 9. The van der Waals surface area contributed by atoms with Gasteiger partial charge in [-0.3, -0.25) is 0 Å². The monoisotopic (exact) mass is 822 g/mol. The van der Waals surface area contributed by atoms with Gasteiger partial charge in [0.1, 0.15) is 17.2 Å². The summed E-state index contributed by atoms with van der Waals surface area (Å²) in [5.74, 6) is -2.99. The van der Waals surface area contributed by atoms with Crippen molar-refractivity contribution in [2.24, 2.45) is 0 Å². The SMILES string of the molecule is C=CC(=O)OCOc1ccc(C(=O)Oc2ccc(CCOC(=O)c3ccc(OC(=O)c4cc(C)c(OCOC(=O)C=C)c(OCOC(=O)C=C)c4)c(C)c3)c(C)c2)cc1C. The van der Waals surface area contributed by atoms with Gasteiger partial charge in [-0.25, -0.2) is 28.8 Å². The molecule has 0 radical (unpaired) electrons. The average molecular weight is 823 g/mol. The smallest absolute Gasteiger partial charge is 0.343 e. The van der Waals surface area contributed by atoms with Crippen LogP contribution in [0, 0.1) is 27.7 Å². The Bertz CT molecular complexity index is 2310. The third-order valence-corrected chi connectivity index (χ3v) is 8.37. The first-order valence-corrected chi connectivity index (χ1v) is 18.1. The highest BCUT2D eigenvalue weighted by Gasteiger charge is 2.20. The summed E-state index contributed by atoms with van der Waals surface area (Å²) in [5, 5.41) is 0. The molecule has 0 aliphatic rings. The molecule has 0 fully saturated rings. The molecule has 60 heavy (non-hydrogen) atoms. The van der Waals surface area contributed by atoms with Crippen molar-refractivity contribution in [3.05, 3.63) is 149 Å². The third-order valence-electron chi connectivity index (χ3n) is 8.37. The second-order valence-corrected chi connectivity index (χ2v) is 12.6. The molecule has 312 valence electrons. The van der Waals surface area contributed by atoms with Gasteiger partial charge in [0, 0.05) is 24.6 Å². The van der Waals surface area contributed by atoms with Crippen molar-refractivity contribution in [1.82, 2.24) is 0 Å². The molecule has 15 nitrogen and oxygen atoms in total. The minimum Gasteiger partial charge on any atom is -0.462 e. The van der Waals surface area contributed by atoms with E-state index in [9.17, 15) is 28.8 Å². The second-order valence-electron chi connectivity index (χ2n) is 12.6. The van der Waals surface area contributed by atoms with Gasteiger partial charge in [-0.2, -0.15) is 0 Å². The highest BCUT2D eigenvalue weighted by molar-refractivity contribution is 5.94. The molecule has 15 heteroatoms. The Morgan fingerprint density at radius 2 is 1.00 bits per heavy atom. The lowest BCUT2D eigenvalue weighted by molar-refractivity contribution is -0.146. The van der Waals surface area contributed by atoms with Crippen molar-refractivity contribution in [3.8, 4) is 28.7 Å². The lowest BCUT2D eigenvalue weighted by Gasteiger charge is -2.16. The van der Waals surface area contributed by atoms with Gasteiger partial charge in [0.15, 0.2) is 11.5 Å². The maximum Gasteiger partial charge on any atom is 0.343 e. The van der Waals surface area contributed by atoms with E-state index < -0.39 is 49.4 Å². The number of carbonyl (C=O) groups is 6. The van der Waals surface area contributed by atoms with Gasteiger partial charge in [0.2, 0.25) is 20.4 Å². The summed E-state index contributed by atoms with van der Waals surface area (Å²) in [6.45, 7) is 15.5. The Labute approximate surface area is 345 Å². The number of rotatable bonds is 20. The van der Waals surface area contributed by atoms with Crippen LogP contribution < -0.4 is 23.7 Å². The molecule has 0 saturated carbocycles. The van der Waals surface area contributed by atoms with E-state index in [2.05, 4.69) is 19.7 Å². The second kappa shape index (κ2) is 21.7. The summed E-state index contributed by atoms with van der Waals surface area (Å²) in [7, 11) is 0. The van der Waals surface area contributed by atoms with Crippen LogP contribution in [0.1, 0.15) is 58.9 Å². The van der Waals surface area contributed by atoms with Crippen molar-refractivity contribution < 1.29 is 71.4 Å². The van der Waals surface area contributed by atoms with Gasteiger partial charge in [-0.1, -0.05) is 25.8 Å². The summed E-state index contributed by atoms with van der Waals surface area (Å²) < 4.78 is 47.8. The van der Waals surface area contributed by atoms with Crippen LogP contribution in [-0.4, -0.2) is 62.8 Å². The zero-order valence-electron chi connectivity index (χ0n) is 33.4. The van der Waals surface area contributed by atoms with E-state index in [0.29, 0.717) is 40.2 Å². The van der Waals surface area contributed by atoms with Crippen molar-refractivity contribution >= 4 is 35.8 Å². The van der Waals surface area contributed by atoms with E-state index in [1.165, 1.54) is 36.4 Å².